The lowest BCUT2D eigenvalue weighted by Gasteiger charge is -2.32. The summed E-state index contributed by atoms with van der Waals surface area (Å²) in [6.45, 7) is 5.91. The molecule has 1 aromatic rings. The van der Waals surface area contributed by atoms with Crippen LogP contribution in [0.25, 0.3) is 0 Å². The standard InChI is InChI=1S/C13H25N5O/c1-5-6-16-13(2,12(14)19)10-17(3)9-11-15-7-8-18(11)4/h7-8,16H,5-6,9-10H2,1-4H3,(H2,14,19). The Labute approximate surface area is 115 Å². The van der Waals surface area contributed by atoms with Crippen molar-refractivity contribution in [2.24, 2.45) is 12.8 Å². The molecule has 0 fully saturated rings. The van der Waals surface area contributed by atoms with E-state index in [1.165, 1.54) is 0 Å². The van der Waals surface area contributed by atoms with Crippen molar-refractivity contribution in [2.75, 3.05) is 20.1 Å². The third-order valence-corrected chi connectivity index (χ3v) is 3.23. The van der Waals surface area contributed by atoms with E-state index in [0.717, 1.165) is 18.8 Å². The number of carbonyl (C=O) groups excluding carboxylic acids is 1. The summed E-state index contributed by atoms with van der Waals surface area (Å²) in [6.07, 6.45) is 4.64. The Balaban J connectivity index is 2.63. The Morgan fingerprint density at radius 3 is 2.79 bits per heavy atom. The molecule has 0 saturated carbocycles. The molecule has 1 aromatic heterocycles. The number of nitrogens with one attached hydrogen (secondary N) is 1. The van der Waals surface area contributed by atoms with Gasteiger partial charge in [0.05, 0.1) is 6.54 Å². The zero-order chi connectivity index (χ0) is 14.5. The van der Waals surface area contributed by atoms with Crippen LogP contribution < -0.4 is 11.1 Å². The Morgan fingerprint density at radius 1 is 1.63 bits per heavy atom. The number of aromatic nitrogens is 2. The van der Waals surface area contributed by atoms with E-state index < -0.39 is 5.54 Å². The summed E-state index contributed by atoms with van der Waals surface area (Å²) < 4.78 is 1.97. The Morgan fingerprint density at radius 2 is 2.32 bits per heavy atom. The number of hydrogen-bond donors (Lipinski definition) is 2. The van der Waals surface area contributed by atoms with Gasteiger partial charge in [0, 0.05) is 26.0 Å². The van der Waals surface area contributed by atoms with E-state index in [-0.39, 0.29) is 5.91 Å². The van der Waals surface area contributed by atoms with Gasteiger partial charge < -0.3 is 15.6 Å². The van der Waals surface area contributed by atoms with Gasteiger partial charge >= 0.3 is 0 Å². The minimum atomic E-state index is -0.712. The fourth-order valence-corrected chi connectivity index (χ4v) is 2.01. The predicted molar refractivity (Wildman–Crippen MR) is 75.4 cm³/mol. The highest BCUT2D eigenvalue weighted by molar-refractivity contribution is 5.84. The van der Waals surface area contributed by atoms with Crippen molar-refractivity contribution in [1.82, 2.24) is 19.8 Å². The normalized spacial score (nSPS) is 14.6. The monoisotopic (exact) mass is 267 g/mol. The van der Waals surface area contributed by atoms with Crippen molar-refractivity contribution in [3.63, 3.8) is 0 Å². The van der Waals surface area contributed by atoms with Crippen LogP contribution in [-0.2, 0) is 18.4 Å². The number of rotatable bonds is 8. The fourth-order valence-electron chi connectivity index (χ4n) is 2.01. The molecule has 3 N–H and O–H groups in total. The number of primary amides is 1. The van der Waals surface area contributed by atoms with E-state index in [1.807, 2.05) is 31.8 Å². The second-order valence-electron chi connectivity index (χ2n) is 5.25. The molecule has 0 saturated heterocycles. The van der Waals surface area contributed by atoms with Crippen LogP contribution in [0.15, 0.2) is 12.4 Å². The van der Waals surface area contributed by atoms with Crippen LogP contribution in [0.4, 0.5) is 0 Å². The van der Waals surface area contributed by atoms with Gasteiger partial charge in [0.15, 0.2) is 0 Å². The lowest BCUT2D eigenvalue weighted by Crippen LogP contribution is -2.59. The number of nitrogens with two attached hydrogens (primary N) is 1. The van der Waals surface area contributed by atoms with Crippen LogP contribution in [0.5, 0.6) is 0 Å². The van der Waals surface area contributed by atoms with Gasteiger partial charge in [-0.1, -0.05) is 6.92 Å². The second kappa shape index (κ2) is 6.68. The molecule has 108 valence electrons. The topological polar surface area (TPSA) is 76.2 Å². The first kappa shape index (κ1) is 15.7. The maximum atomic E-state index is 11.6. The molecular weight excluding hydrogens is 242 g/mol. The molecular formula is C13H25N5O. The molecule has 1 atom stereocenters. The molecule has 1 amide bonds. The van der Waals surface area contributed by atoms with Crippen molar-refractivity contribution in [1.29, 1.82) is 0 Å². The summed E-state index contributed by atoms with van der Waals surface area (Å²) in [5.74, 6) is 0.637. The number of hydrogen-bond acceptors (Lipinski definition) is 4. The van der Waals surface area contributed by atoms with Gasteiger partial charge in [-0.05, 0) is 26.9 Å². The van der Waals surface area contributed by atoms with Gasteiger partial charge in [-0.3, -0.25) is 9.69 Å². The molecule has 0 radical (unpaired) electrons. The summed E-state index contributed by atoms with van der Waals surface area (Å²) in [4.78, 5) is 18.0. The lowest BCUT2D eigenvalue weighted by atomic mass is 10.0. The van der Waals surface area contributed by atoms with E-state index >= 15 is 0 Å². The third-order valence-electron chi connectivity index (χ3n) is 3.23. The average Bonchev–Trinajstić information content (AvgIpc) is 2.72. The van der Waals surface area contributed by atoms with Crippen LogP contribution in [-0.4, -0.2) is 46.0 Å². The van der Waals surface area contributed by atoms with E-state index in [1.54, 1.807) is 6.20 Å². The molecule has 1 heterocycles. The molecule has 6 nitrogen and oxygen atoms in total. The Kier molecular flexibility index (Phi) is 5.50. The molecule has 1 unspecified atom stereocenters. The largest absolute Gasteiger partial charge is 0.368 e. The fraction of sp³-hybridized carbons (Fsp3) is 0.692. The van der Waals surface area contributed by atoms with E-state index in [9.17, 15) is 4.79 Å². The highest BCUT2D eigenvalue weighted by Crippen LogP contribution is 2.08. The first-order valence-corrected chi connectivity index (χ1v) is 6.58. The first-order chi connectivity index (χ1) is 8.89. The molecule has 0 aromatic carbocycles. The summed E-state index contributed by atoms with van der Waals surface area (Å²) in [7, 11) is 3.92. The van der Waals surface area contributed by atoms with Crippen LogP contribution >= 0.6 is 0 Å². The van der Waals surface area contributed by atoms with Gasteiger partial charge in [-0.2, -0.15) is 0 Å². The van der Waals surface area contributed by atoms with E-state index in [0.29, 0.717) is 13.1 Å². The third kappa shape index (κ3) is 4.33. The van der Waals surface area contributed by atoms with Crippen molar-refractivity contribution >= 4 is 5.91 Å². The lowest BCUT2D eigenvalue weighted by molar-refractivity contribution is -0.124. The predicted octanol–water partition coefficient (Wildman–Crippen LogP) is 0.0955. The minimum absolute atomic E-state index is 0.326. The van der Waals surface area contributed by atoms with Gasteiger partial charge in [-0.25, -0.2) is 4.98 Å². The zero-order valence-electron chi connectivity index (χ0n) is 12.3. The maximum Gasteiger partial charge on any atom is 0.238 e. The van der Waals surface area contributed by atoms with Crippen molar-refractivity contribution < 1.29 is 4.79 Å². The van der Waals surface area contributed by atoms with E-state index in [2.05, 4.69) is 22.1 Å². The van der Waals surface area contributed by atoms with Crippen molar-refractivity contribution in [2.45, 2.75) is 32.4 Å². The summed E-state index contributed by atoms with van der Waals surface area (Å²) in [5.41, 5.74) is 4.80. The van der Waals surface area contributed by atoms with Gasteiger partial charge in [0.1, 0.15) is 11.4 Å². The number of amides is 1. The van der Waals surface area contributed by atoms with Gasteiger partial charge in [0.25, 0.3) is 0 Å². The number of nitrogens with zero attached hydrogens (tertiary/aromatic N) is 3. The molecule has 0 aliphatic rings. The molecule has 19 heavy (non-hydrogen) atoms. The maximum absolute atomic E-state index is 11.6. The Hall–Kier alpha value is -1.40. The number of imidazole rings is 1. The SMILES string of the molecule is CCCNC(C)(CN(C)Cc1nccn1C)C(N)=O. The number of carbonyl (C=O) groups is 1. The highest BCUT2D eigenvalue weighted by atomic mass is 16.1. The molecule has 0 spiro atoms. The van der Waals surface area contributed by atoms with Gasteiger partial charge in [0.2, 0.25) is 5.91 Å². The molecule has 6 heteroatoms. The quantitative estimate of drug-likeness (QED) is 0.700. The first-order valence-electron chi connectivity index (χ1n) is 6.58. The molecule has 0 aliphatic heterocycles. The van der Waals surface area contributed by atoms with E-state index in [4.69, 9.17) is 5.73 Å². The minimum Gasteiger partial charge on any atom is -0.368 e. The van der Waals surface area contributed by atoms with Crippen LogP contribution in [0.1, 0.15) is 26.1 Å². The molecule has 1 rings (SSSR count). The average molecular weight is 267 g/mol. The molecule has 0 aliphatic carbocycles. The highest BCUT2D eigenvalue weighted by Gasteiger charge is 2.31. The van der Waals surface area contributed by atoms with Crippen LogP contribution in [0.3, 0.4) is 0 Å². The summed E-state index contributed by atoms with van der Waals surface area (Å²) in [6, 6.07) is 0. The summed E-state index contributed by atoms with van der Waals surface area (Å²) >= 11 is 0. The van der Waals surface area contributed by atoms with Crippen LogP contribution in [0, 0.1) is 0 Å². The smallest absolute Gasteiger partial charge is 0.238 e. The van der Waals surface area contributed by atoms with Gasteiger partial charge in [-0.15, -0.1) is 0 Å². The number of likely N-dealkylation sites (N-methyl/N-ethyl adjacent to an activating group) is 1. The van der Waals surface area contributed by atoms with Crippen molar-refractivity contribution in [3.8, 4) is 0 Å². The summed E-state index contributed by atoms with van der Waals surface area (Å²) in [5, 5.41) is 3.23. The molecule has 0 bridgehead atoms. The Bertz CT molecular complexity index is 417. The zero-order valence-corrected chi connectivity index (χ0v) is 12.3. The number of aryl methyl sites for hydroxylation is 1. The van der Waals surface area contributed by atoms with Crippen LogP contribution in [0.2, 0.25) is 0 Å². The van der Waals surface area contributed by atoms with Crippen molar-refractivity contribution in [3.05, 3.63) is 18.2 Å². The second-order valence-corrected chi connectivity index (χ2v) is 5.25.